The van der Waals surface area contributed by atoms with E-state index in [1.54, 1.807) is 14.2 Å². The van der Waals surface area contributed by atoms with Crippen molar-refractivity contribution in [3.63, 3.8) is 0 Å². The monoisotopic (exact) mass is 430 g/mol. The van der Waals surface area contributed by atoms with E-state index >= 15 is 0 Å². The summed E-state index contributed by atoms with van der Waals surface area (Å²) < 4.78 is 20.9. The zero-order chi connectivity index (χ0) is 22.9. The average molecular weight is 431 g/mol. The molecule has 2 amide bonds. The van der Waals surface area contributed by atoms with Crippen molar-refractivity contribution >= 4 is 12.2 Å². The van der Waals surface area contributed by atoms with Gasteiger partial charge in [-0.2, -0.15) is 0 Å². The highest BCUT2D eigenvalue weighted by molar-refractivity contribution is 5.68. The van der Waals surface area contributed by atoms with Crippen molar-refractivity contribution in [3.8, 4) is 0 Å². The highest BCUT2D eigenvalue weighted by Gasteiger charge is 2.31. The fourth-order valence-corrected chi connectivity index (χ4v) is 3.66. The molecule has 0 unspecified atom stereocenters. The van der Waals surface area contributed by atoms with E-state index < -0.39 is 11.2 Å². The van der Waals surface area contributed by atoms with Gasteiger partial charge in [0, 0.05) is 14.2 Å². The molecule has 176 valence electrons. The largest absolute Gasteiger partial charge is 0.444 e. The zero-order valence-corrected chi connectivity index (χ0v) is 20.0. The van der Waals surface area contributed by atoms with Gasteiger partial charge in [0.05, 0.1) is 24.3 Å². The highest BCUT2D eigenvalue weighted by Crippen LogP contribution is 2.22. The number of ether oxygens (including phenoxy) is 4. The van der Waals surface area contributed by atoms with Gasteiger partial charge in [0.1, 0.15) is 11.2 Å². The molecule has 8 heteroatoms. The number of alkyl carbamates (subject to hydrolysis) is 2. The van der Waals surface area contributed by atoms with Gasteiger partial charge in [0.2, 0.25) is 0 Å². The molecule has 2 rings (SSSR count). The van der Waals surface area contributed by atoms with Gasteiger partial charge in [0.15, 0.2) is 0 Å². The van der Waals surface area contributed by atoms with Crippen molar-refractivity contribution in [3.05, 3.63) is 0 Å². The van der Waals surface area contributed by atoms with Crippen LogP contribution in [0.4, 0.5) is 9.59 Å². The van der Waals surface area contributed by atoms with Crippen LogP contribution in [0, 0.1) is 0 Å². The molecule has 0 spiro atoms. The minimum absolute atomic E-state index is 0.102. The van der Waals surface area contributed by atoms with Crippen LogP contribution in [0.25, 0.3) is 0 Å². The molecule has 0 radical (unpaired) electrons. The van der Waals surface area contributed by atoms with E-state index in [2.05, 4.69) is 10.6 Å². The van der Waals surface area contributed by atoms with E-state index in [9.17, 15) is 9.59 Å². The molecule has 0 aromatic carbocycles. The van der Waals surface area contributed by atoms with E-state index in [0.29, 0.717) is 0 Å². The smallest absolute Gasteiger partial charge is 0.407 e. The second kappa shape index (κ2) is 11.7. The van der Waals surface area contributed by atoms with E-state index in [1.165, 1.54) is 0 Å². The molecular formula is C22H42N2O6. The summed E-state index contributed by atoms with van der Waals surface area (Å²) in [4.78, 5) is 23.0. The van der Waals surface area contributed by atoms with Crippen LogP contribution in [-0.4, -0.2) is 61.9 Å². The zero-order valence-electron chi connectivity index (χ0n) is 20.0. The normalized spacial score (nSPS) is 26.4. The number of carbonyl (C=O) groups excluding carboxylic acids is 2. The lowest BCUT2D eigenvalue weighted by Crippen LogP contribution is -2.43. The third-order valence-electron chi connectivity index (χ3n) is 4.91. The standard InChI is InChI=1S/2C11H21NO3/c2*1-11(2,3)15-10(13)12-8-6-5-7-9(8)14-4/h2*8-9H,5-7H2,1-4H3,(H,12,13)/t2*8-,9-/m10/s1. The summed E-state index contributed by atoms with van der Waals surface area (Å²) in [6.07, 6.45) is 5.73. The van der Waals surface area contributed by atoms with E-state index in [-0.39, 0.29) is 36.5 Å². The Bertz CT molecular complexity index is 493. The second-order valence-corrected chi connectivity index (χ2v) is 9.92. The van der Waals surface area contributed by atoms with Crippen molar-refractivity contribution in [1.29, 1.82) is 0 Å². The summed E-state index contributed by atoms with van der Waals surface area (Å²) in [7, 11) is 3.36. The average Bonchev–Trinajstić information content (AvgIpc) is 3.20. The Morgan fingerprint density at radius 1 is 0.667 bits per heavy atom. The SMILES string of the molecule is CO[C@@H]1CCC[C@H]1NC(=O)OC(C)(C)C.CO[C@H]1CCC[C@@H]1NC(=O)OC(C)(C)C. The van der Waals surface area contributed by atoms with E-state index in [4.69, 9.17) is 18.9 Å². The molecule has 0 saturated heterocycles. The third-order valence-corrected chi connectivity index (χ3v) is 4.91. The molecular weight excluding hydrogens is 388 g/mol. The molecule has 4 atom stereocenters. The molecule has 2 fully saturated rings. The molecule has 0 aromatic heterocycles. The maximum atomic E-state index is 11.5. The summed E-state index contributed by atoms with van der Waals surface area (Å²) >= 11 is 0. The number of methoxy groups -OCH3 is 2. The number of hydrogen-bond donors (Lipinski definition) is 2. The van der Waals surface area contributed by atoms with Crippen LogP contribution in [0.3, 0.4) is 0 Å². The Labute approximate surface area is 181 Å². The van der Waals surface area contributed by atoms with Crippen LogP contribution in [0.2, 0.25) is 0 Å². The summed E-state index contributed by atoms with van der Waals surface area (Å²) in [6.45, 7) is 11.1. The minimum atomic E-state index is -0.439. The number of amides is 2. The molecule has 2 aliphatic rings. The van der Waals surface area contributed by atoms with Crippen LogP contribution in [0.5, 0.6) is 0 Å². The van der Waals surface area contributed by atoms with Crippen LogP contribution >= 0.6 is 0 Å². The van der Waals surface area contributed by atoms with Gasteiger partial charge in [-0.3, -0.25) is 0 Å². The molecule has 8 nitrogen and oxygen atoms in total. The lowest BCUT2D eigenvalue weighted by Gasteiger charge is -2.24. The third kappa shape index (κ3) is 10.5. The second-order valence-electron chi connectivity index (χ2n) is 9.92. The lowest BCUT2D eigenvalue weighted by atomic mass is 10.2. The molecule has 2 saturated carbocycles. The van der Waals surface area contributed by atoms with Crippen molar-refractivity contribution in [2.24, 2.45) is 0 Å². The van der Waals surface area contributed by atoms with Gasteiger partial charge in [0.25, 0.3) is 0 Å². The molecule has 0 bridgehead atoms. The van der Waals surface area contributed by atoms with Gasteiger partial charge in [-0.15, -0.1) is 0 Å². The molecule has 2 aliphatic carbocycles. The Hall–Kier alpha value is -1.54. The maximum absolute atomic E-state index is 11.5. The van der Waals surface area contributed by atoms with Gasteiger partial charge >= 0.3 is 12.2 Å². The van der Waals surface area contributed by atoms with Crippen molar-refractivity contribution < 1.29 is 28.5 Å². The fraction of sp³-hybridized carbons (Fsp3) is 0.909. The van der Waals surface area contributed by atoms with Gasteiger partial charge < -0.3 is 29.6 Å². The number of carbonyl (C=O) groups is 2. The van der Waals surface area contributed by atoms with Crippen molar-refractivity contribution in [2.75, 3.05) is 14.2 Å². The summed E-state index contributed by atoms with van der Waals surface area (Å²) in [5.74, 6) is 0. The van der Waals surface area contributed by atoms with Gasteiger partial charge in [-0.25, -0.2) is 9.59 Å². The topological polar surface area (TPSA) is 95.1 Å². The maximum Gasteiger partial charge on any atom is 0.407 e. The Kier molecular flexibility index (Phi) is 10.4. The first kappa shape index (κ1) is 26.5. The summed E-state index contributed by atoms with van der Waals surface area (Å²) in [5, 5.41) is 5.70. The Balaban J connectivity index is 0.000000300. The quantitative estimate of drug-likeness (QED) is 0.695. The Morgan fingerprint density at radius 2 is 1.00 bits per heavy atom. The summed E-state index contributed by atoms with van der Waals surface area (Å²) in [5.41, 5.74) is -0.878. The number of rotatable bonds is 4. The lowest BCUT2D eigenvalue weighted by molar-refractivity contribution is 0.0384. The minimum Gasteiger partial charge on any atom is -0.444 e. The van der Waals surface area contributed by atoms with Gasteiger partial charge in [-0.05, 0) is 80.1 Å². The predicted molar refractivity (Wildman–Crippen MR) is 116 cm³/mol. The first-order valence-electron chi connectivity index (χ1n) is 10.9. The number of hydrogen-bond acceptors (Lipinski definition) is 6. The molecule has 2 N–H and O–H groups in total. The van der Waals surface area contributed by atoms with Crippen LogP contribution in [0.15, 0.2) is 0 Å². The number of nitrogens with one attached hydrogen (secondary N) is 2. The molecule has 0 heterocycles. The molecule has 30 heavy (non-hydrogen) atoms. The van der Waals surface area contributed by atoms with Crippen LogP contribution < -0.4 is 10.6 Å². The van der Waals surface area contributed by atoms with Crippen molar-refractivity contribution in [2.45, 2.75) is 116 Å². The molecule has 0 aliphatic heterocycles. The highest BCUT2D eigenvalue weighted by atomic mass is 16.6. The molecule has 0 aromatic rings. The summed E-state index contributed by atoms with van der Waals surface area (Å²) in [6, 6.07) is 0.203. The predicted octanol–water partition coefficient (Wildman–Crippen LogP) is 4.16. The van der Waals surface area contributed by atoms with Crippen LogP contribution in [-0.2, 0) is 18.9 Å². The van der Waals surface area contributed by atoms with Gasteiger partial charge in [-0.1, -0.05) is 0 Å². The van der Waals surface area contributed by atoms with E-state index in [0.717, 1.165) is 38.5 Å². The van der Waals surface area contributed by atoms with E-state index in [1.807, 2.05) is 41.5 Å². The first-order valence-corrected chi connectivity index (χ1v) is 10.9. The fourth-order valence-electron chi connectivity index (χ4n) is 3.66. The Morgan fingerprint density at radius 3 is 1.27 bits per heavy atom. The first-order chi connectivity index (χ1) is 13.8. The van der Waals surface area contributed by atoms with Crippen molar-refractivity contribution in [1.82, 2.24) is 10.6 Å². The van der Waals surface area contributed by atoms with Crippen LogP contribution in [0.1, 0.15) is 80.1 Å².